The summed E-state index contributed by atoms with van der Waals surface area (Å²) in [5.74, 6) is -1.18. The number of rotatable bonds is 7. The van der Waals surface area contributed by atoms with Gasteiger partial charge in [-0.3, -0.25) is 9.59 Å². The standard InChI is InChI=1S/C14H19NO4/c1-3-15(9-14(17)18)13(16)8-11-5-4-6-12(7-11)10-19-2/h4-7H,3,8-10H2,1-2H3,(H,17,18). The zero-order valence-electron chi connectivity index (χ0n) is 11.3. The molecule has 0 saturated carbocycles. The number of methoxy groups -OCH3 is 1. The lowest BCUT2D eigenvalue weighted by Crippen LogP contribution is -2.36. The molecule has 0 unspecified atom stereocenters. The summed E-state index contributed by atoms with van der Waals surface area (Å²) < 4.78 is 5.04. The molecule has 19 heavy (non-hydrogen) atoms. The molecule has 0 aliphatic rings. The molecule has 1 amide bonds. The second-order valence-electron chi connectivity index (χ2n) is 4.23. The second kappa shape index (κ2) is 7.53. The van der Waals surface area contributed by atoms with Gasteiger partial charge in [-0.1, -0.05) is 24.3 Å². The average Bonchev–Trinajstić information content (AvgIpc) is 2.36. The van der Waals surface area contributed by atoms with Crippen molar-refractivity contribution in [3.63, 3.8) is 0 Å². The van der Waals surface area contributed by atoms with Crippen molar-refractivity contribution in [1.29, 1.82) is 0 Å². The summed E-state index contributed by atoms with van der Waals surface area (Å²) in [5, 5.41) is 8.73. The van der Waals surface area contributed by atoms with Crippen LogP contribution in [0.1, 0.15) is 18.1 Å². The summed E-state index contributed by atoms with van der Waals surface area (Å²) in [4.78, 5) is 24.0. The Morgan fingerprint density at radius 2 is 2.00 bits per heavy atom. The maximum atomic E-state index is 12.0. The summed E-state index contributed by atoms with van der Waals surface area (Å²) >= 11 is 0. The van der Waals surface area contributed by atoms with E-state index in [-0.39, 0.29) is 18.9 Å². The highest BCUT2D eigenvalue weighted by molar-refractivity contribution is 5.83. The molecule has 0 radical (unpaired) electrons. The van der Waals surface area contributed by atoms with E-state index in [1.165, 1.54) is 4.90 Å². The summed E-state index contributed by atoms with van der Waals surface area (Å²) in [6, 6.07) is 7.54. The van der Waals surface area contributed by atoms with Crippen molar-refractivity contribution in [3.8, 4) is 0 Å². The maximum Gasteiger partial charge on any atom is 0.323 e. The van der Waals surface area contributed by atoms with Crippen LogP contribution in [0.2, 0.25) is 0 Å². The van der Waals surface area contributed by atoms with Crippen LogP contribution < -0.4 is 0 Å². The van der Waals surface area contributed by atoms with E-state index >= 15 is 0 Å². The zero-order valence-corrected chi connectivity index (χ0v) is 11.3. The average molecular weight is 265 g/mol. The SMILES string of the molecule is CCN(CC(=O)O)C(=O)Cc1cccc(COC)c1. The van der Waals surface area contributed by atoms with Crippen LogP contribution >= 0.6 is 0 Å². The highest BCUT2D eigenvalue weighted by Crippen LogP contribution is 2.08. The molecule has 104 valence electrons. The molecule has 0 aromatic heterocycles. The first kappa shape index (κ1) is 15.2. The first-order chi connectivity index (χ1) is 9.06. The fraction of sp³-hybridized carbons (Fsp3) is 0.429. The Bertz CT molecular complexity index is 445. The number of hydrogen-bond donors (Lipinski definition) is 1. The minimum atomic E-state index is -0.997. The van der Waals surface area contributed by atoms with Crippen molar-refractivity contribution in [2.24, 2.45) is 0 Å². The van der Waals surface area contributed by atoms with Crippen LogP contribution in [-0.2, 0) is 27.4 Å². The smallest absolute Gasteiger partial charge is 0.323 e. The van der Waals surface area contributed by atoms with Crippen LogP contribution in [0.5, 0.6) is 0 Å². The number of amides is 1. The monoisotopic (exact) mass is 265 g/mol. The van der Waals surface area contributed by atoms with Gasteiger partial charge in [-0.25, -0.2) is 0 Å². The van der Waals surface area contributed by atoms with Crippen LogP contribution in [-0.4, -0.2) is 42.1 Å². The number of carbonyl (C=O) groups is 2. The summed E-state index contributed by atoms with van der Waals surface area (Å²) in [5.41, 5.74) is 1.86. The third kappa shape index (κ3) is 5.09. The molecule has 1 aromatic carbocycles. The number of carbonyl (C=O) groups excluding carboxylic acids is 1. The molecule has 0 atom stereocenters. The van der Waals surface area contributed by atoms with E-state index in [0.717, 1.165) is 11.1 Å². The molecule has 0 fully saturated rings. The van der Waals surface area contributed by atoms with E-state index in [4.69, 9.17) is 9.84 Å². The summed E-state index contributed by atoms with van der Waals surface area (Å²) in [7, 11) is 1.61. The number of benzene rings is 1. The van der Waals surface area contributed by atoms with Gasteiger partial charge in [0.2, 0.25) is 5.91 Å². The Hall–Kier alpha value is -1.88. The topological polar surface area (TPSA) is 66.8 Å². The predicted octanol–water partition coefficient (Wildman–Crippen LogP) is 1.31. The van der Waals surface area contributed by atoms with Crippen LogP contribution in [0.3, 0.4) is 0 Å². The van der Waals surface area contributed by atoms with Gasteiger partial charge in [0.25, 0.3) is 0 Å². The molecule has 5 heteroatoms. The third-order valence-electron chi connectivity index (χ3n) is 2.72. The molecule has 0 aliphatic heterocycles. The van der Waals surface area contributed by atoms with E-state index in [1.807, 2.05) is 24.3 Å². The molecule has 0 bridgehead atoms. The summed E-state index contributed by atoms with van der Waals surface area (Å²) in [6.07, 6.45) is 0.207. The van der Waals surface area contributed by atoms with Crippen LogP contribution in [0.15, 0.2) is 24.3 Å². The quantitative estimate of drug-likeness (QED) is 0.807. The number of hydrogen-bond acceptors (Lipinski definition) is 3. The van der Waals surface area contributed by atoms with E-state index in [0.29, 0.717) is 13.2 Å². The lowest BCUT2D eigenvalue weighted by molar-refractivity contribution is -0.144. The van der Waals surface area contributed by atoms with Gasteiger partial charge in [-0.15, -0.1) is 0 Å². The van der Waals surface area contributed by atoms with E-state index in [9.17, 15) is 9.59 Å². The Morgan fingerprint density at radius 1 is 1.32 bits per heavy atom. The zero-order chi connectivity index (χ0) is 14.3. The van der Waals surface area contributed by atoms with Gasteiger partial charge < -0.3 is 14.7 Å². The molecule has 5 nitrogen and oxygen atoms in total. The normalized spacial score (nSPS) is 10.2. The van der Waals surface area contributed by atoms with Gasteiger partial charge in [0.05, 0.1) is 13.0 Å². The number of ether oxygens (including phenoxy) is 1. The molecule has 0 saturated heterocycles. The van der Waals surface area contributed by atoms with Crippen molar-refractivity contribution < 1.29 is 19.4 Å². The molecular weight excluding hydrogens is 246 g/mol. The molecule has 1 aromatic rings. The maximum absolute atomic E-state index is 12.0. The van der Waals surface area contributed by atoms with Gasteiger partial charge in [-0.2, -0.15) is 0 Å². The van der Waals surface area contributed by atoms with E-state index in [2.05, 4.69) is 0 Å². The Morgan fingerprint density at radius 3 is 2.58 bits per heavy atom. The Balaban J connectivity index is 2.69. The first-order valence-corrected chi connectivity index (χ1v) is 6.13. The van der Waals surface area contributed by atoms with Crippen molar-refractivity contribution in [1.82, 2.24) is 4.90 Å². The molecule has 0 aliphatic carbocycles. The van der Waals surface area contributed by atoms with Crippen LogP contribution in [0, 0.1) is 0 Å². The number of nitrogens with zero attached hydrogens (tertiary/aromatic N) is 1. The molecular formula is C14H19NO4. The fourth-order valence-corrected chi connectivity index (χ4v) is 1.82. The fourth-order valence-electron chi connectivity index (χ4n) is 1.82. The Labute approximate surface area is 112 Å². The highest BCUT2D eigenvalue weighted by atomic mass is 16.5. The van der Waals surface area contributed by atoms with Crippen molar-refractivity contribution in [2.45, 2.75) is 20.0 Å². The largest absolute Gasteiger partial charge is 0.480 e. The number of carboxylic acids is 1. The molecule has 0 heterocycles. The first-order valence-electron chi connectivity index (χ1n) is 6.13. The van der Waals surface area contributed by atoms with Crippen molar-refractivity contribution >= 4 is 11.9 Å². The van der Waals surface area contributed by atoms with Crippen LogP contribution in [0.4, 0.5) is 0 Å². The van der Waals surface area contributed by atoms with Gasteiger partial charge in [0.15, 0.2) is 0 Å². The molecule has 1 rings (SSSR count). The lowest BCUT2D eigenvalue weighted by Gasteiger charge is -2.18. The second-order valence-corrected chi connectivity index (χ2v) is 4.23. The molecule has 0 spiro atoms. The van der Waals surface area contributed by atoms with Crippen molar-refractivity contribution in [2.75, 3.05) is 20.2 Å². The number of aliphatic carboxylic acids is 1. The predicted molar refractivity (Wildman–Crippen MR) is 70.7 cm³/mol. The van der Waals surface area contributed by atoms with E-state index in [1.54, 1.807) is 14.0 Å². The minimum Gasteiger partial charge on any atom is -0.480 e. The van der Waals surface area contributed by atoms with Crippen molar-refractivity contribution in [3.05, 3.63) is 35.4 Å². The van der Waals surface area contributed by atoms with Gasteiger partial charge in [-0.05, 0) is 18.1 Å². The number of carboxylic acid groups (broad SMARTS) is 1. The van der Waals surface area contributed by atoms with E-state index < -0.39 is 5.97 Å². The van der Waals surface area contributed by atoms with Gasteiger partial charge in [0.1, 0.15) is 6.54 Å². The molecule has 1 N–H and O–H groups in total. The van der Waals surface area contributed by atoms with Gasteiger partial charge in [0, 0.05) is 13.7 Å². The Kier molecular flexibility index (Phi) is 6.02. The number of likely N-dealkylation sites (N-methyl/N-ethyl adjacent to an activating group) is 1. The highest BCUT2D eigenvalue weighted by Gasteiger charge is 2.15. The van der Waals surface area contributed by atoms with Crippen LogP contribution in [0.25, 0.3) is 0 Å². The minimum absolute atomic E-state index is 0.181. The third-order valence-corrected chi connectivity index (χ3v) is 2.72. The van der Waals surface area contributed by atoms with Gasteiger partial charge >= 0.3 is 5.97 Å². The summed E-state index contributed by atoms with van der Waals surface area (Å²) in [6.45, 7) is 2.40. The lowest BCUT2D eigenvalue weighted by atomic mass is 10.1.